The quantitative estimate of drug-likeness (QED) is 0.827. The van der Waals surface area contributed by atoms with Crippen molar-refractivity contribution in [3.8, 4) is 0 Å². The summed E-state index contributed by atoms with van der Waals surface area (Å²) in [5.74, 6) is 0.718. The van der Waals surface area contributed by atoms with E-state index >= 15 is 0 Å². The van der Waals surface area contributed by atoms with Gasteiger partial charge in [0.15, 0.2) is 5.78 Å². The number of hydrogen-bond acceptors (Lipinski definition) is 3. The molecule has 0 aromatic heterocycles. The van der Waals surface area contributed by atoms with Crippen LogP contribution in [-0.2, 0) is 0 Å². The summed E-state index contributed by atoms with van der Waals surface area (Å²) in [4.78, 5) is 14.3. The Bertz CT molecular complexity index is 427. The first-order valence-corrected chi connectivity index (χ1v) is 7.06. The van der Waals surface area contributed by atoms with E-state index in [9.17, 15) is 9.90 Å². The number of aryl methyl sites for hydroxylation is 1. The van der Waals surface area contributed by atoms with Gasteiger partial charge in [0.05, 0.1) is 6.61 Å². The van der Waals surface area contributed by atoms with E-state index in [1.165, 1.54) is 5.56 Å². The molecule has 1 saturated heterocycles. The maximum absolute atomic E-state index is 12.1. The summed E-state index contributed by atoms with van der Waals surface area (Å²) in [5, 5.41) is 9.39. The van der Waals surface area contributed by atoms with Gasteiger partial charge in [-0.2, -0.15) is 0 Å². The fourth-order valence-electron chi connectivity index (χ4n) is 2.79. The van der Waals surface area contributed by atoms with Gasteiger partial charge in [-0.25, -0.2) is 0 Å². The fourth-order valence-corrected chi connectivity index (χ4v) is 2.79. The molecule has 1 N–H and O–H groups in total. The zero-order chi connectivity index (χ0) is 13.8. The largest absolute Gasteiger partial charge is 0.395 e. The highest BCUT2D eigenvalue weighted by molar-refractivity contribution is 5.96. The van der Waals surface area contributed by atoms with Crippen molar-refractivity contribution < 1.29 is 9.90 Å². The molecule has 2 rings (SSSR count). The Morgan fingerprint density at radius 3 is 2.68 bits per heavy atom. The molecule has 19 heavy (non-hydrogen) atoms. The minimum absolute atomic E-state index is 0.191. The first-order chi connectivity index (χ1) is 9.11. The van der Waals surface area contributed by atoms with E-state index in [0.717, 1.165) is 25.1 Å². The Morgan fingerprint density at radius 2 is 2.05 bits per heavy atom. The van der Waals surface area contributed by atoms with E-state index in [2.05, 4.69) is 11.8 Å². The topological polar surface area (TPSA) is 40.5 Å². The summed E-state index contributed by atoms with van der Waals surface area (Å²) < 4.78 is 0. The van der Waals surface area contributed by atoms with E-state index in [-0.39, 0.29) is 18.4 Å². The molecule has 2 atom stereocenters. The predicted molar refractivity (Wildman–Crippen MR) is 76.4 cm³/mol. The highest BCUT2D eigenvalue weighted by Gasteiger charge is 2.30. The Hall–Kier alpha value is -1.19. The van der Waals surface area contributed by atoms with Gasteiger partial charge in [0.1, 0.15) is 0 Å². The molecular formula is C16H23NO2. The van der Waals surface area contributed by atoms with Crippen LogP contribution >= 0.6 is 0 Å². The molecule has 1 aliphatic heterocycles. The lowest BCUT2D eigenvalue weighted by Crippen LogP contribution is -2.36. The Balaban J connectivity index is 1.88. The maximum atomic E-state index is 12.1. The summed E-state index contributed by atoms with van der Waals surface area (Å²) >= 11 is 0. The average molecular weight is 261 g/mol. The number of aliphatic hydroxyl groups is 1. The van der Waals surface area contributed by atoms with Crippen LogP contribution in [0.4, 0.5) is 0 Å². The van der Waals surface area contributed by atoms with Gasteiger partial charge in [-0.15, -0.1) is 0 Å². The van der Waals surface area contributed by atoms with E-state index in [4.69, 9.17) is 0 Å². The summed E-state index contributed by atoms with van der Waals surface area (Å²) in [6, 6.07) is 7.97. The number of benzene rings is 1. The molecule has 3 nitrogen and oxygen atoms in total. The Kier molecular flexibility index (Phi) is 4.72. The van der Waals surface area contributed by atoms with Gasteiger partial charge in [0.25, 0.3) is 0 Å². The standard InChI is InChI=1S/C16H23NO2/c1-12-3-5-14(6-4-12)16(19)8-10-17-9-7-13(2)15(17)11-18/h3-6,13,15,18H,7-11H2,1-2H3. The third kappa shape index (κ3) is 3.43. The molecule has 0 bridgehead atoms. The molecule has 1 aromatic rings. The fraction of sp³-hybridized carbons (Fsp3) is 0.562. The third-order valence-electron chi connectivity index (χ3n) is 4.18. The second kappa shape index (κ2) is 6.31. The first-order valence-electron chi connectivity index (χ1n) is 7.06. The smallest absolute Gasteiger partial charge is 0.164 e. The number of aliphatic hydroxyl groups excluding tert-OH is 1. The normalized spacial score (nSPS) is 23.7. The lowest BCUT2D eigenvalue weighted by Gasteiger charge is -2.24. The molecule has 1 fully saturated rings. The molecule has 0 spiro atoms. The van der Waals surface area contributed by atoms with Gasteiger partial charge >= 0.3 is 0 Å². The minimum atomic E-state index is 0.191. The van der Waals surface area contributed by atoms with Crippen molar-refractivity contribution in [2.24, 2.45) is 5.92 Å². The Morgan fingerprint density at radius 1 is 1.37 bits per heavy atom. The highest BCUT2D eigenvalue weighted by atomic mass is 16.3. The van der Waals surface area contributed by atoms with Crippen LogP contribution in [0.1, 0.15) is 35.7 Å². The van der Waals surface area contributed by atoms with Gasteiger partial charge in [-0.1, -0.05) is 36.8 Å². The van der Waals surface area contributed by atoms with Gasteiger partial charge in [0, 0.05) is 24.6 Å². The molecule has 0 radical (unpaired) electrons. The molecule has 1 aliphatic rings. The molecule has 1 aromatic carbocycles. The van der Waals surface area contributed by atoms with Crippen molar-refractivity contribution in [3.63, 3.8) is 0 Å². The van der Waals surface area contributed by atoms with Gasteiger partial charge in [-0.3, -0.25) is 9.69 Å². The number of carbonyl (C=O) groups excluding carboxylic acids is 1. The number of rotatable bonds is 5. The van der Waals surface area contributed by atoms with Crippen LogP contribution in [0, 0.1) is 12.8 Å². The average Bonchev–Trinajstić information content (AvgIpc) is 2.77. The van der Waals surface area contributed by atoms with Crippen molar-refractivity contribution in [2.45, 2.75) is 32.7 Å². The van der Waals surface area contributed by atoms with E-state index < -0.39 is 0 Å². The van der Waals surface area contributed by atoms with E-state index in [1.807, 2.05) is 31.2 Å². The van der Waals surface area contributed by atoms with Gasteiger partial charge < -0.3 is 5.11 Å². The van der Waals surface area contributed by atoms with Crippen LogP contribution < -0.4 is 0 Å². The molecular weight excluding hydrogens is 238 g/mol. The third-order valence-corrected chi connectivity index (χ3v) is 4.18. The van der Waals surface area contributed by atoms with Crippen LogP contribution in [-0.4, -0.2) is 41.5 Å². The molecule has 104 valence electrons. The predicted octanol–water partition coefficient (Wildman–Crippen LogP) is 2.27. The van der Waals surface area contributed by atoms with Crippen molar-refractivity contribution in [1.82, 2.24) is 4.90 Å². The van der Waals surface area contributed by atoms with Crippen molar-refractivity contribution in [2.75, 3.05) is 19.7 Å². The summed E-state index contributed by atoms with van der Waals surface area (Å²) in [5.41, 5.74) is 1.96. The molecule has 2 unspecified atom stereocenters. The number of Topliss-reactive ketones (excluding diaryl/α,β-unsaturated/α-hetero) is 1. The van der Waals surface area contributed by atoms with Crippen molar-refractivity contribution >= 4 is 5.78 Å². The molecule has 3 heteroatoms. The zero-order valence-corrected chi connectivity index (χ0v) is 11.8. The van der Waals surface area contributed by atoms with Crippen LogP contribution in [0.3, 0.4) is 0 Å². The summed E-state index contributed by atoms with van der Waals surface area (Å²) in [7, 11) is 0. The summed E-state index contributed by atoms with van der Waals surface area (Å²) in [6.07, 6.45) is 1.65. The maximum Gasteiger partial charge on any atom is 0.164 e. The number of carbonyl (C=O) groups is 1. The van der Waals surface area contributed by atoms with Crippen molar-refractivity contribution in [1.29, 1.82) is 0 Å². The first kappa shape index (κ1) is 14.2. The zero-order valence-electron chi connectivity index (χ0n) is 11.8. The monoisotopic (exact) mass is 261 g/mol. The number of likely N-dealkylation sites (tertiary alicyclic amines) is 1. The van der Waals surface area contributed by atoms with E-state index in [0.29, 0.717) is 12.3 Å². The molecule has 0 aliphatic carbocycles. The summed E-state index contributed by atoms with van der Waals surface area (Å²) in [6.45, 7) is 6.13. The number of ketones is 1. The van der Waals surface area contributed by atoms with Crippen LogP contribution in [0.2, 0.25) is 0 Å². The SMILES string of the molecule is Cc1ccc(C(=O)CCN2CCC(C)C2CO)cc1. The number of nitrogens with zero attached hydrogens (tertiary/aromatic N) is 1. The molecule has 0 saturated carbocycles. The van der Waals surface area contributed by atoms with Gasteiger partial charge in [0.2, 0.25) is 0 Å². The second-order valence-corrected chi connectivity index (χ2v) is 5.59. The Labute approximate surface area is 115 Å². The van der Waals surface area contributed by atoms with Crippen LogP contribution in [0.25, 0.3) is 0 Å². The van der Waals surface area contributed by atoms with Crippen LogP contribution in [0.15, 0.2) is 24.3 Å². The lowest BCUT2D eigenvalue weighted by molar-refractivity contribution is 0.0934. The van der Waals surface area contributed by atoms with Crippen molar-refractivity contribution in [3.05, 3.63) is 35.4 Å². The highest BCUT2D eigenvalue weighted by Crippen LogP contribution is 2.23. The number of hydrogen-bond donors (Lipinski definition) is 1. The lowest BCUT2D eigenvalue weighted by atomic mass is 10.0. The molecule has 1 heterocycles. The van der Waals surface area contributed by atoms with E-state index in [1.54, 1.807) is 0 Å². The van der Waals surface area contributed by atoms with Gasteiger partial charge in [-0.05, 0) is 25.8 Å². The second-order valence-electron chi connectivity index (χ2n) is 5.59. The van der Waals surface area contributed by atoms with Crippen LogP contribution in [0.5, 0.6) is 0 Å². The molecule has 0 amide bonds. The minimum Gasteiger partial charge on any atom is -0.395 e.